The summed E-state index contributed by atoms with van der Waals surface area (Å²) in [6.45, 7) is 1.90. The molecule has 2 N–H and O–H groups in total. The SMILES string of the molecule is CC(NCC(=O)Nc1ccccc1F)c1ccc(F)cc1. The molecule has 0 fully saturated rings. The fourth-order valence-corrected chi connectivity index (χ4v) is 1.87. The van der Waals surface area contributed by atoms with Gasteiger partial charge in [-0.1, -0.05) is 24.3 Å². The zero-order chi connectivity index (χ0) is 15.2. The summed E-state index contributed by atoms with van der Waals surface area (Å²) in [5.74, 6) is -1.12. The maximum absolute atomic E-state index is 13.4. The lowest BCUT2D eigenvalue weighted by Crippen LogP contribution is -2.30. The van der Waals surface area contributed by atoms with E-state index in [2.05, 4.69) is 10.6 Å². The summed E-state index contributed by atoms with van der Waals surface area (Å²) in [5.41, 5.74) is 1.02. The van der Waals surface area contributed by atoms with E-state index in [-0.39, 0.29) is 30.0 Å². The molecular formula is C16H16F2N2O. The molecule has 2 aromatic carbocycles. The van der Waals surface area contributed by atoms with Crippen LogP contribution in [0.1, 0.15) is 18.5 Å². The van der Waals surface area contributed by atoms with Gasteiger partial charge in [-0.15, -0.1) is 0 Å². The molecule has 0 aliphatic heterocycles. The number of hydrogen-bond acceptors (Lipinski definition) is 2. The molecule has 0 aromatic heterocycles. The Morgan fingerprint density at radius 3 is 2.43 bits per heavy atom. The Bertz CT molecular complexity index is 614. The number of halogens is 2. The lowest BCUT2D eigenvalue weighted by atomic mass is 10.1. The van der Waals surface area contributed by atoms with Gasteiger partial charge in [0.05, 0.1) is 12.2 Å². The molecule has 0 radical (unpaired) electrons. The zero-order valence-corrected chi connectivity index (χ0v) is 11.6. The van der Waals surface area contributed by atoms with Gasteiger partial charge in [-0.25, -0.2) is 8.78 Å². The average Bonchev–Trinajstić information content (AvgIpc) is 2.48. The molecule has 5 heteroatoms. The molecule has 0 bridgehead atoms. The highest BCUT2D eigenvalue weighted by molar-refractivity contribution is 5.92. The second kappa shape index (κ2) is 6.95. The van der Waals surface area contributed by atoms with Gasteiger partial charge in [0.25, 0.3) is 0 Å². The van der Waals surface area contributed by atoms with Crippen molar-refractivity contribution in [3.8, 4) is 0 Å². The number of amides is 1. The first-order valence-corrected chi connectivity index (χ1v) is 6.59. The third-order valence-corrected chi connectivity index (χ3v) is 3.09. The second-order valence-corrected chi connectivity index (χ2v) is 4.68. The fraction of sp³-hybridized carbons (Fsp3) is 0.188. The Balaban J connectivity index is 1.86. The largest absolute Gasteiger partial charge is 0.322 e. The highest BCUT2D eigenvalue weighted by Crippen LogP contribution is 2.14. The van der Waals surface area contributed by atoms with E-state index >= 15 is 0 Å². The monoisotopic (exact) mass is 290 g/mol. The minimum atomic E-state index is -0.475. The Labute approximate surface area is 122 Å². The smallest absolute Gasteiger partial charge is 0.238 e. The number of hydrogen-bond donors (Lipinski definition) is 2. The van der Waals surface area contributed by atoms with E-state index in [0.29, 0.717) is 0 Å². The van der Waals surface area contributed by atoms with Crippen molar-refractivity contribution in [1.29, 1.82) is 0 Å². The highest BCUT2D eigenvalue weighted by Gasteiger charge is 2.09. The molecule has 0 heterocycles. The van der Waals surface area contributed by atoms with Gasteiger partial charge in [0.15, 0.2) is 0 Å². The van der Waals surface area contributed by atoms with Crippen molar-refractivity contribution in [3.05, 3.63) is 65.7 Å². The minimum Gasteiger partial charge on any atom is -0.322 e. The molecule has 1 amide bonds. The van der Waals surface area contributed by atoms with Crippen LogP contribution in [-0.2, 0) is 4.79 Å². The normalized spacial score (nSPS) is 12.0. The summed E-state index contributed by atoms with van der Waals surface area (Å²) in [6, 6.07) is 11.9. The average molecular weight is 290 g/mol. The van der Waals surface area contributed by atoms with Crippen LogP contribution in [0.2, 0.25) is 0 Å². The van der Waals surface area contributed by atoms with Crippen LogP contribution in [0.3, 0.4) is 0 Å². The molecular weight excluding hydrogens is 274 g/mol. The number of benzene rings is 2. The van der Waals surface area contributed by atoms with E-state index in [9.17, 15) is 13.6 Å². The molecule has 0 spiro atoms. The summed E-state index contributed by atoms with van der Waals surface area (Å²) in [7, 11) is 0. The minimum absolute atomic E-state index is 0.0346. The number of carbonyl (C=O) groups excluding carboxylic acids is 1. The first-order valence-electron chi connectivity index (χ1n) is 6.59. The van der Waals surface area contributed by atoms with Gasteiger partial charge < -0.3 is 10.6 Å². The first kappa shape index (κ1) is 15.1. The molecule has 110 valence electrons. The molecule has 2 aromatic rings. The van der Waals surface area contributed by atoms with Crippen molar-refractivity contribution >= 4 is 11.6 Å². The van der Waals surface area contributed by atoms with Crippen LogP contribution in [0, 0.1) is 11.6 Å². The third kappa shape index (κ3) is 4.36. The van der Waals surface area contributed by atoms with Crippen molar-refractivity contribution < 1.29 is 13.6 Å². The van der Waals surface area contributed by atoms with Crippen LogP contribution < -0.4 is 10.6 Å². The van der Waals surface area contributed by atoms with Crippen LogP contribution in [-0.4, -0.2) is 12.5 Å². The topological polar surface area (TPSA) is 41.1 Å². The molecule has 1 atom stereocenters. The van der Waals surface area contributed by atoms with Crippen LogP contribution in [0.15, 0.2) is 48.5 Å². The van der Waals surface area contributed by atoms with Crippen LogP contribution >= 0.6 is 0 Å². The second-order valence-electron chi connectivity index (χ2n) is 4.68. The lowest BCUT2D eigenvalue weighted by molar-refractivity contribution is -0.115. The number of nitrogens with one attached hydrogen (secondary N) is 2. The maximum Gasteiger partial charge on any atom is 0.238 e. The predicted octanol–water partition coefficient (Wildman–Crippen LogP) is 3.25. The first-order chi connectivity index (χ1) is 10.1. The van der Waals surface area contributed by atoms with Crippen molar-refractivity contribution in [2.45, 2.75) is 13.0 Å². The molecule has 2 rings (SSSR count). The van der Waals surface area contributed by atoms with E-state index in [1.807, 2.05) is 6.92 Å². The van der Waals surface area contributed by atoms with Gasteiger partial charge in [-0.3, -0.25) is 4.79 Å². The summed E-state index contributed by atoms with van der Waals surface area (Å²) in [5, 5.41) is 5.49. The fourth-order valence-electron chi connectivity index (χ4n) is 1.87. The Morgan fingerprint density at radius 2 is 1.76 bits per heavy atom. The van der Waals surface area contributed by atoms with Crippen molar-refractivity contribution in [2.24, 2.45) is 0 Å². The van der Waals surface area contributed by atoms with Gasteiger partial charge in [0, 0.05) is 6.04 Å². The highest BCUT2D eigenvalue weighted by atomic mass is 19.1. The number of carbonyl (C=O) groups is 1. The summed E-state index contributed by atoms with van der Waals surface area (Å²) in [4.78, 5) is 11.8. The van der Waals surface area contributed by atoms with Crippen molar-refractivity contribution in [3.63, 3.8) is 0 Å². The lowest BCUT2D eigenvalue weighted by Gasteiger charge is -2.14. The number of rotatable bonds is 5. The Hall–Kier alpha value is -2.27. The van der Waals surface area contributed by atoms with E-state index in [1.54, 1.807) is 24.3 Å². The van der Waals surface area contributed by atoms with Crippen LogP contribution in [0.25, 0.3) is 0 Å². The van der Waals surface area contributed by atoms with Gasteiger partial charge in [0.1, 0.15) is 11.6 Å². The quantitative estimate of drug-likeness (QED) is 0.887. The van der Waals surface area contributed by atoms with Crippen LogP contribution in [0.4, 0.5) is 14.5 Å². The summed E-state index contributed by atoms with van der Waals surface area (Å²) in [6.07, 6.45) is 0. The molecule has 0 saturated carbocycles. The summed E-state index contributed by atoms with van der Waals surface area (Å²) < 4.78 is 26.2. The van der Waals surface area contributed by atoms with E-state index in [1.165, 1.54) is 24.3 Å². The van der Waals surface area contributed by atoms with Crippen molar-refractivity contribution in [2.75, 3.05) is 11.9 Å². The maximum atomic E-state index is 13.4. The molecule has 1 unspecified atom stereocenters. The van der Waals surface area contributed by atoms with E-state index in [4.69, 9.17) is 0 Å². The molecule has 0 aliphatic carbocycles. The standard InChI is InChI=1S/C16H16F2N2O/c1-11(12-6-8-13(17)9-7-12)19-10-16(21)20-15-5-3-2-4-14(15)18/h2-9,11,19H,10H2,1H3,(H,20,21). The third-order valence-electron chi connectivity index (χ3n) is 3.09. The Kier molecular flexibility index (Phi) is 5.00. The molecule has 0 aliphatic rings. The van der Waals surface area contributed by atoms with Gasteiger partial charge in [-0.05, 0) is 36.8 Å². The summed E-state index contributed by atoms with van der Waals surface area (Å²) >= 11 is 0. The van der Waals surface area contributed by atoms with E-state index < -0.39 is 5.82 Å². The predicted molar refractivity (Wildman–Crippen MR) is 77.8 cm³/mol. The molecule has 0 saturated heterocycles. The van der Waals surface area contributed by atoms with Crippen LogP contribution in [0.5, 0.6) is 0 Å². The molecule has 3 nitrogen and oxygen atoms in total. The zero-order valence-electron chi connectivity index (χ0n) is 11.6. The van der Waals surface area contributed by atoms with E-state index in [0.717, 1.165) is 5.56 Å². The molecule has 21 heavy (non-hydrogen) atoms. The van der Waals surface area contributed by atoms with Gasteiger partial charge in [-0.2, -0.15) is 0 Å². The number of para-hydroxylation sites is 1. The number of anilines is 1. The Morgan fingerprint density at radius 1 is 1.10 bits per heavy atom. The van der Waals surface area contributed by atoms with Crippen molar-refractivity contribution in [1.82, 2.24) is 5.32 Å². The van der Waals surface area contributed by atoms with Gasteiger partial charge in [0.2, 0.25) is 5.91 Å². The van der Waals surface area contributed by atoms with Gasteiger partial charge >= 0.3 is 0 Å².